The summed E-state index contributed by atoms with van der Waals surface area (Å²) in [6.07, 6.45) is 13.1. The summed E-state index contributed by atoms with van der Waals surface area (Å²) in [5.74, 6) is 0.631. The Morgan fingerprint density at radius 1 is 1.11 bits per heavy atom. The zero-order valence-electron chi connectivity index (χ0n) is 10.7. The van der Waals surface area contributed by atoms with Crippen LogP contribution in [0.1, 0.15) is 24.0 Å². The third-order valence-electron chi connectivity index (χ3n) is 4.28. The molecule has 0 aliphatic heterocycles. The van der Waals surface area contributed by atoms with Crippen molar-refractivity contribution < 1.29 is 0 Å². The van der Waals surface area contributed by atoms with Crippen molar-refractivity contribution in [1.29, 1.82) is 0 Å². The van der Waals surface area contributed by atoms with Crippen molar-refractivity contribution in [1.82, 2.24) is 0 Å². The molecule has 0 heterocycles. The number of allylic oxidation sites excluding steroid dienone is 5. The second kappa shape index (κ2) is 4.97. The standard InChI is InChI=1S/C16H15Cl2Si/c1-12-6-4-5-11-16(12,19(17)18)15-10-9-13-7-2-3-8-14(13)15/h2-12,15H,1H3. The minimum Gasteiger partial charge on any atom is -0.146 e. The highest BCUT2D eigenvalue weighted by molar-refractivity contribution is 7.35. The van der Waals surface area contributed by atoms with Crippen LogP contribution in [0.2, 0.25) is 5.04 Å². The number of hydrogen-bond acceptors (Lipinski definition) is 0. The summed E-state index contributed by atoms with van der Waals surface area (Å²) in [7, 11) is -1.51. The van der Waals surface area contributed by atoms with E-state index in [1.54, 1.807) is 0 Å². The Hall–Kier alpha value is -0.763. The second-order valence-electron chi connectivity index (χ2n) is 5.19. The lowest BCUT2D eigenvalue weighted by atomic mass is 9.76. The Morgan fingerprint density at radius 3 is 2.63 bits per heavy atom. The molecule has 1 aromatic carbocycles. The largest absolute Gasteiger partial charge is 0.285 e. The van der Waals surface area contributed by atoms with E-state index in [-0.39, 0.29) is 11.0 Å². The van der Waals surface area contributed by atoms with E-state index in [0.717, 1.165) is 0 Å². The van der Waals surface area contributed by atoms with Gasteiger partial charge in [0.15, 0.2) is 0 Å². The topological polar surface area (TPSA) is 0 Å². The first-order chi connectivity index (χ1) is 9.16. The molecular weight excluding hydrogens is 291 g/mol. The van der Waals surface area contributed by atoms with Crippen LogP contribution in [-0.4, -0.2) is 7.42 Å². The molecule has 0 bridgehead atoms. The van der Waals surface area contributed by atoms with Crippen molar-refractivity contribution in [2.75, 3.05) is 0 Å². The molecule has 2 aliphatic rings. The van der Waals surface area contributed by atoms with Gasteiger partial charge in [-0.05, 0) is 17.0 Å². The highest BCUT2D eigenvalue weighted by Gasteiger charge is 2.49. The van der Waals surface area contributed by atoms with Crippen molar-refractivity contribution in [3.63, 3.8) is 0 Å². The molecular formula is C16H15Cl2Si. The van der Waals surface area contributed by atoms with Gasteiger partial charge in [-0.25, -0.2) is 0 Å². The van der Waals surface area contributed by atoms with Gasteiger partial charge in [0.25, 0.3) is 7.42 Å². The fourth-order valence-electron chi connectivity index (χ4n) is 3.16. The molecule has 3 unspecified atom stereocenters. The second-order valence-corrected chi connectivity index (χ2v) is 9.43. The maximum atomic E-state index is 6.50. The molecule has 3 rings (SSSR count). The van der Waals surface area contributed by atoms with Crippen LogP contribution in [0, 0.1) is 5.92 Å². The first-order valence-electron chi connectivity index (χ1n) is 6.48. The fraction of sp³-hybridized carbons (Fsp3) is 0.250. The van der Waals surface area contributed by atoms with Crippen LogP contribution in [0.5, 0.6) is 0 Å². The summed E-state index contributed by atoms with van der Waals surface area (Å²) in [5.41, 5.74) is 2.64. The molecule has 0 fully saturated rings. The van der Waals surface area contributed by atoms with Crippen LogP contribution < -0.4 is 0 Å². The van der Waals surface area contributed by atoms with Gasteiger partial charge in [-0.3, -0.25) is 0 Å². The number of halogens is 2. The van der Waals surface area contributed by atoms with Crippen LogP contribution in [0.4, 0.5) is 0 Å². The molecule has 0 spiro atoms. The smallest absolute Gasteiger partial charge is 0.146 e. The van der Waals surface area contributed by atoms with E-state index in [1.807, 2.05) is 0 Å². The fourth-order valence-corrected chi connectivity index (χ4v) is 6.43. The average Bonchev–Trinajstić information content (AvgIpc) is 2.83. The summed E-state index contributed by atoms with van der Waals surface area (Å²) in [6.45, 7) is 2.21. The van der Waals surface area contributed by atoms with Gasteiger partial charge in [0, 0.05) is 11.0 Å². The monoisotopic (exact) mass is 305 g/mol. The first-order valence-corrected chi connectivity index (χ1v) is 10.00. The van der Waals surface area contributed by atoms with Gasteiger partial charge in [-0.2, -0.15) is 0 Å². The van der Waals surface area contributed by atoms with E-state index in [2.05, 4.69) is 67.6 Å². The number of hydrogen-bond donors (Lipinski definition) is 0. The maximum Gasteiger partial charge on any atom is 0.285 e. The van der Waals surface area contributed by atoms with E-state index >= 15 is 0 Å². The minimum absolute atomic E-state index is 0.161. The lowest BCUT2D eigenvalue weighted by Gasteiger charge is -2.41. The van der Waals surface area contributed by atoms with Gasteiger partial charge >= 0.3 is 0 Å². The van der Waals surface area contributed by atoms with Crippen molar-refractivity contribution in [3.8, 4) is 0 Å². The SMILES string of the molecule is CC1C=CC=CC1(C1C=Cc2ccccc21)[Si](Cl)Cl. The molecule has 3 atom stereocenters. The number of rotatable bonds is 2. The molecule has 2 aliphatic carbocycles. The van der Waals surface area contributed by atoms with Gasteiger partial charge in [-0.1, -0.05) is 67.6 Å². The Bertz CT molecular complexity index is 574. The Balaban J connectivity index is 2.12. The van der Waals surface area contributed by atoms with Crippen molar-refractivity contribution in [3.05, 3.63) is 65.8 Å². The van der Waals surface area contributed by atoms with Crippen LogP contribution in [0.25, 0.3) is 6.08 Å². The molecule has 0 aromatic heterocycles. The van der Waals surface area contributed by atoms with Crippen LogP contribution in [0.3, 0.4) is 0 Å². The minimum atomic E-state index is -1.51. The first kappa shape index (κ1) is 13.2. The molecule has 0 nitrogen and oxygen atoms in total. The Labute approximate surface area is 125 Å². The number of benzene rings is 1. The van der Waals surface area contributed by atoms with Crippen molar-refractivity contribution >= 4 is 35.7 Å². The third-order valence-corrected chi connectivity index (χ3v) is 7.83. The summed E-state index contributed by atoms with van der Waals surface area (Å²) >= 11 is 13.0. The predicted octanol–water partition coefficient (Wildman–Crippen LogP) is 5.27. The van der Waals surface area contributed by atoms with Crippen molar-refractivity contribution in [2.45, 2.75) is 17.9 Å². The van der Waals surface area contributed by atoms with E-state index in [9.17, 15) is 0 Å². The summed E-state index contributed by atoms with van der Waals surface area (Å²) in [4.78, 5) is 0. The molecule has 0 saturated carbocycles. The van der Waals surface area contributed by atoms with E-state index < -0.39 is 7.42 Å². The van der Waals surface area contributed by atoms with E-state index in [0.29, 0.717) is 5.92 Å². The third kappa shape index (κ3) is 1.96. The average molecular weight is 306 g/mol. The quantitative estimate of drug-likeness (QED) is 0.516. The van der Waals surface area contributed by atoms with Gasteiger partial charge in [-0.15, -0.1) is 22.2 Å². The lowest BCUT2D eigenvalue weighted by Crippen LogP contribution is -2.34. The van der Waals surface area contributed by atoms with Crippen LogP contribution in [-0.2, 0) is 0 Å². The predicted molar refractivity (Wildman–Crippen MR) is 85.8 cm³/mol. The molecule has 3 heteroatoms. The molecule has 0 amide bonds. The molecule has 1 aromatic rings. The zero-order valence-corrected chi connectivity index (χ0v) is 13.2. The maximum absolute atomic E-state index is 6.50. The number of fused-ring (bicyclic) bond motifs is 1. The van der Waals surface area contributed by atoms with Gasteiger partial charge in [0.2, 0.25) is 0 Å². The van der Waals surface area contributed by atoms with E-state index in [4.69, 9.17) is 22.2 Å². The highest BCUT2D eigenvalue weighted by atomic mass is 35.7. The summed E-state index contributed by atoms with van der Waals surface area (Å²) < 4.78 is 0. The zero-order chi connectivity index (χ0) is 13.5. The van der Waals surface area contributed by atoms with Crippen LogP contribution in [0.15, 0.2) is 54.6 Å². The molecule has 1 radical (unpaired) electrons. The molecule has 97 valence electrons. The van der Waals surface area contributed by atoms with Gasteiger partial charge in [0.1, 0.15) is 0 Å². The normalized spacial score (nSPS) is 32.0. The van der Waals surface area contributed by atoms with Crippen molar-refractivity contribution in [2.24, 2.45) is 5.92 Å². The Kier molecular flexibility index (Phi) is 3.46. The molecule has 0 saturated heterocycles. The lowest BCUT2D eigenvalue weighted by molar-refractivity contribution is 0.485. The Morgan fingerprint density at radius 2 is 1.89 bits per heavy atom. The van der Waals surface area contributed by atoms with Gasteiger partial charge in [0.05, 0.1) is 0 Å². The van der Waals surface area contributed by atoms with E-state index in [1.165, 1.54) is 11.1 Å². The molecule has 0 N–H and O–H groups in total. The summed E-state index contributed by atoms with van der Waals surface area (Å²) in [5, 5.41) is -0.161. The summed E-state index contributed by atoms with van der Waals surface area (Å²) in [6, 6.07) is 8.51. The van der Waals surface area contributed by atoms with Gasteiger partial charge < -0.3 is 0 Å². The highest BCUT2D eigenvalue weighted by Crippen LogP contribution is 2.59. The molecule has 19 heavy (non-hydrogen) atoms. The van der Waals surface area contributed by atoms with Crippen LogP contribution >= 0.6 is 22.2 Å².